The Morgan fingerprint density at radius 3 is 1.93 bits per heavy atom. The van der Waals surface area contributed by atoms with Crippen LogP contribution in [0.4, 0.5) is 0 Å². The number of rotatable bonds is 9. The van der Waals surface area contributed by atoms with Gasteiger partial charge in [0.25, 0.3) is 5.91 Å². The third-order valence-electron chi connectivity index (χ3n) is 4.36. The summed E-state index contributed by atoms with van der Waals surface area (Å²) >= 11 is 0. The van der Waals surface area contributed by atoms with E-state index in [-0.39, 0.29) is 18.6 Å². The second kappa shape index (κ2) is 9.88. The van der Waals surface area contributed by atoms with Crippen molar-refractivity contribution in [1.82, 2.24) is 5.32 Å². The fraction of sp³-hybridized carbons (Fsp3) is 0.364. The van der Waals surface area contributed by atoms with Crippen LogP contribution >= 0.6 is 0 Å². The Labute approximate surface area is 160 Å². The van der Waals surface area contributed by atoms with Crippen LogP contribution in [0, 0.1) is 0 Å². The predicted molar refractivity (Wildman–Crippen MR) is 104 cm³/mol. The van der Waals surface area contributed by atoms with Crippen LogP contribution in [0.15, 0.2) is 60.7 Å². The Balaban J connectivity index is 2.34. The number of esters is 1. The summed E-state index contributed by atoms with van der Waals surface area (Å²) in [4.78, 5) is 25.2. The summed E-state index contributed by atoms with van der Waals surface area (Å²) in [6.45, 7) is 5.65. The molecule has 144 valence electrons. The molecular formula is C22H27NO4. The maximum absolute atomic E-state index is 13.2. The number of carbonyl (C=O) groups is 2. The van der Waals surface area contributed by atoms with E-state index in [4.69, 9.17) is 9.47 Å². The van der Waals surface area contributed by atoms with Gasteiger partial charge < -0.3 is 14.8 Å². The first-order valence-corrected chi connectivity index (χ1v) is 9.26. The molecule has 5 nitrogen and oxygen atoms in total. The van der Waals surface area contributed by atoms with Gasteiger partial charge in [0, 0.05) is 12.6 Å². The van der Waals surface area contributed by atoms with Gasteiger partial charge in [0.15, 0.2) is 6.61 Å². The molecule has 2 aromatic carbocycles. The van der Waals surface area contributed by atoms with Crippen LogP contribution in [0.1, 0.15) is 38.3 Å². The second-order valence-electron chi connectivity index (χ2n) is 6.30. The highest BCUT2D eigenvalue weighted by Gasteiger charge is 2.45. The Kier molecular flexibility index (Phi) is 7.55. The molecule has 0 aromatic heterocycles. The minimum absolute atomic E-state index is 0.0242. The molecule has 0 bridgehead atoms. The van der Waals surface area contributed by atoms with E-state index in [2.05, 4.69) is 5.32 Å². The quantitative estimate of drug-likeness (QED) is 0.688. The maximum atomic E-state index is 13.2. The largest absolute Gasteiger partial charge is 0.453 e. The molecule has 1 N–H and O–H groups in total. The lowest BCUT2D eigenvalue weighted by molar-refractivity contribution is -0.170. The third-order valence-corrected chi connectivity index (χ3v) is 4.36. The monoisotopic (exact) mass is 369 g/mol. The van der Waals surface area contributed by atoms with Gasteiger partial charge in [-0.25, -0.2) is 4.79 Å². The summed E-state index contributed by atoms with van der Waals surface area (Å²) in [5, 5.41) is 2.79. The number of benzene rings is 2. The van der Waals surface area contributed by atoms with Crippen molar-refractivity contribution < 1.29 is 19.1 Å². The van der Waals surface area contributed by atoms with E-state index in [0.29, 0.717) is 17.7 Å². The first kappa shape index (κ1) is 20.6. The summed E-state index contributed by atoms with van der Waals surface area (Å²) in [5.74, 6) is -0.940. The lowest BCUT2D eigenvalue weighted by Gasteiger charge is -2.32. The van der Waals surface area contributed by atoms with Crippen molar-refractivity contribution in [3.8, 4) is 0 Å². The lowest BCUT2D eigenvalue weighted by Crippen LogP contribution is -2.43. The van der Waals surface area contributed by atoms with Gasteiger partial charge in [-0.3, -0.25) is 4.79 Å². The fourth-order valence-electron chi connectivity index (χ4n) is 2.84. The van der Waals surface area contributed by atoms with Crippen molar-refractivity contribution in [3.63, 3.8) is 0 Å². The molecule has 0 unspecified atom stereocenters. The van der Waals surface area contributed by atoms with Crippen molar-refractivity contribution in [1.29, 1.82) is 0 Å². The van der Waals surface area contributed by atoms with Crippen LogP contribution in [-0.2, 0) is 24.7 Å². The Morgan fingerprint density at radius 1 is 0.963 bits per heavy atom. The van der Waals surface area contributed by atoms with E-state index in [1.807, 2.05) is 81.4 Å². The molecule has 2 rings (SSSR count). The average molecular weight is 369 g/mol. The molecule has 1 atom stereocenters. The molecule has 5 heteroatoms. The zero-order chi connectivity index (χ0) is 19.7. The van der Waals surface area contributed by atoms with Crippen LogP contribution in [0.3, 0.4) is 0 Å². The molecule has 0 saturated carbocycles. The summed E-state index contributed by atoms with van der Waals surface area (Å²) in [6, 6.07) is 18.4. The van der Waals surface area contributed by atoms with Crippen molar-refractivity contribution in [2.75, 3.05) is 13.2 Å². The lowest BCUT2D eigenvalue weighted by atomic mass is 9.86. The van der Waals surface area contributed by atoms with Crippen LogP contribution < -0.4 is 5.32 Å². The van der Waals surface area contributed by atoms with E-state index in [1.165, 1.54) is 0 Å². The molecule has 0 fully saturated rings. The van der Waals surface area contributed by atoms with Crippen LogP contribution in [0.5, 0.6) is 0 Å². The Morgan fingerprint density at radius 2 is 1.48 bits per heavy atom. The van der Waals surface area contributed by atoms with Crippen molar-refractivity contribution in [2.24, 2.45) is 0 Å². The van der Waals surface area contributed by atoms with Gasteiger partial charge in [-0.2, -0.15) is 0 Å². The first-order chi connectivity index (χ1) is 13.0. The maximum Gasteiger partial charge on any atom is 0.348 e. The Hall–Kier alpha value is -2.66. The van der Waals surface area contributed by atoms with Gasteiger partial charge in [0.2, 0.25) is 5.60 Å². The van der Waals surface area contributed by atoms with Gasteiger partial charge in [-0.05, 0) is 31.4 Å². The highest BCUT2D eigenvalue weighted by atomic mass is 16.6. The highest BCUT2D eigenvalue weighted by molar-refractivity contribution is 5.88. The normalized spacial score (nSPS) is 12.3. The zero-order valence-electron chi connectivity index (χ0n) is 16.1. The standard InChI is InChI=1S/C22H27NO4/c1-4-17(3)23-20(24)16-26-21(25)22(27-5-2,18-12-8-6-9-13-18)19-14-10-7-11-15-19/h6-15,17H,4-5,16H2,1-3H3,(H,23,24)/t17-/m0/s1. The minimum Gasteiger partial charge on any atom is -0.453 e. The molecular weight excluding hydrogens is 342 g/mol. The molecule has 0 radical (unpaired) electrons. The third kappa shape index (κ3) is 4.95. The molecule has 0 saturated heterocycles. The van der Waals surface area contributed by atoms with Gasteiger partial charge >= 0.3 is 5.97 Å². The molecule has 0 spiro atoms. The van der Waals surface area contributed by atoms with Gasteiger partial charge in [0.1, 0.15) is 0 Å². The zero-order valence-corrected chi connectivity index (χ0v) is 16.1. The van der Waals surface area contributed by atoms with Crippen molar-refractivity contribution in [3.05, 3.63) is 71.8 Å². The Bertz CT molecular complexity index is 691. The SMILES string of the molecule is CCOC(C(=O)OCC(=O)N[C@@H](C)CC)(c1ccccc1)c1ccccc1. The second-order valence-corrected chi connectivity index (χ2v) is 6.30. The van der Waals surface area contributed by atoms with Crippen LogP contribution in [0.2, 0.25) is 0 Å². The summed E-state index contributed by atoms with van der Waals surface area (Å²) in [6.07, 6.45) is 0.802. The van der Waals surface area contributed by atoms with Crippen LogP contribution in [-0.4, -0.2) is 31.1 Å². The molecule has 0 aliphatic carbocycles. The number of hydrogen-bond acceptors (Lipinski definition) is 4. The predicted octanol–water partition coefficient (Wildman–Crippen LogP) is 3.42. The van der Waals surface area contributed by atoms with Crippen molar-refractivity contribution >= 4 is 11.9 Å². The van der Waals surface area contributed by atoms with E-state index in [1.54, 1.807) is 0 Å². The average Bonchev–Trinajstić information content (AvgIpc) is 2.71. The van der Waals surface area contributed by atoms with Crippen molar-refractivity contribution in [2.45, 2.75) is 38.8 Å². The smallest absolute Gasteiger partial charge is 0.348 e. The van der Waals surface area contributed by atoms with E-state index in [9.17, 15) is 9.59 Å². The van der Waals surface area contributed by atoms with Crippen LogP contribution in [0.25, 0.3) is 0 Å². The number of amides is 1. The summed E-state index contributed by atoms with van der Waals surface area (Å²) < 4.78 is 11.4. The topological polar surface area (TPSA) is 64.6 Å². The highest BCUT2D eigenvalue weighted by Crippen LogP contribution is 2.35. The fourth-order valence-corrected chi connectivity index (χ4v) is 2.84. The molecule has 0 aliphatic rings. The summed E-state index contributed by atoms with van der Waals surface area (Å²) in [5.41, 5.74) is -0.107. The van der Waals surface area contributed by atoms with Gasteiger partial charge in [-0.15, -0.1) is 0 Å². The minimum atomic E-state index is -1.42. The molecule has 0 aliphatic heterocycles. The van der Waals surface area contributed by atoms with Gasteiger partial charge in [0.05, 0.1) is 0 Å². The molecule has 0 heterocycles. The van der Waals surface area contributed by atoms with E-state index >= 15 is 0 Å². The number of hydrogen-bond donors (Lipinski definition) is 1. The van der Waals surface area contributed by atoms with E-state index in [0.717, 1.165) is 6.42 Å². The first-order valence-electron chi connectivity index (χ1n) is 9.26. The van der Waals surface area contributed by atoms with E-state index < -0.39 is 11.6 Å². The molecule has 27 heavy (non-hydrogen) atoms. The number of ether oxygens (including phenoxy) is 2. The van der Waals surface area contributed by atoms with Gasteiger partial charge in [-0.1, -0.05) is 67.6 Å². The number of nitrogens with one attached hydrogen (secondary N) is 1. The molecule has 1 amide bonds. The summed E-state index contributed by atoms with van der Waals surface area (Å²) in [7, 11) is 0. The number of carbonyl (C=O) groups excluding carboxylic acids is 2. The molecule has 2 aromatic rings.